The van der Waals surface area contributed by atoms with Crippen LogP contribution in [0.1, 0.15) is 22.3 Å². The van der Waals surface area contributed by atoms with E-state index in [4.69, 9.17) is 6.42 Å². The fourth-order valence-corrected chi connectivity index (χ4v) is 5.62. The Hall–Kier alpha value is -6.18. The second-order valence-corrected chi connectivity index (χ2v) is 14.1. The third-order valence-corrected chi connectivity index (χ3v) is 9.37. The summed E-state index contributed by atoms with van der Waals surface area (Å²) in [7, 11) is -7.15. The first-order chi connectivity index (χ1) is 23.9. The number of sulfone groups is 2. The van der Waals surface area contributed by atoms with Crippen LogP contribution in [0.3, 0.4) is 0 Å². The molecule has 0 bridgehead atoms. The van der Waals surface area contributed by atoms with E-state index < -0.39 is 25.4 Å². The molecule has 0 amide bonds. The molecule has 0 unspecified atom stereocenters. The summed E-state index contributed by atoms with van der Waals surface area (Å²) in [5.74, 6) is 0. The summed E-state index contributed by atoms with van der Waals surface area (Å²) < 4.78 is 50.0. The van der Waals surface area contributed by atoms with Crippen molar-refractivity contribution in [3.8, 4) is 11.7 Å². The summed E-state index contributed by atoms with van der Waals surface area (Å²) in [6, 6.07) is 31.8. The van der Waals surface area contributed by atoms with Gasteiger partial charge in [0, 0.05) is 11.5 Å². The van der Waals surface area contributed by atoms with Crippen LogP contribution in [-0.2, 0) is 32.8 Å². The molecule has 256 valence electrons. The van der Waals surface area contributed by atoms with Crippen molar-refractivity contribution < 1.29 is 16.8 Å². The lowest BCUT2D eigenvalue weighted by Gasteiger charge is -1.99. The average Bonchev–Trinajstić information content (AvgIpc) is 3.69. The third-order valence-electron chi connectivity index (χ3n) is 6.76. The first-order valence-electron chi connectivity index (χ1n) is 14.8. The fourth-order valence-electron chi connectivity index (χ4n) is 4.04. The van der Waals surface area contributed by atoms with Gasteiger partial charge in [-0.15, -0.1) is 6.42 Å². The lowest BCUT2D eigenvalue weighted by atomic mass is 10.2. The van der Waals surface area contributed by atoms with Gasteiger partial charge < -0.3 is 0 Å². The van der Waals surface area contributed by atoms with Crippen LogP contribution in [0.2, 0.25) is 0 Å². The number of aromatic nitrogens is 8. The maximum Gasteiger partial charge on any atom is 0.368 e. The largest absolute Gasteiger partial charge is 0.368 e. The zero-order valence-corrected chi connectivity index (χ0v) is 28.6. The lowest BCUT2D eigenvalue weighted by molar-refractivity contribution is 0.603. The first kappa shape index (κ1) is 36.7. The molecule has 0 saturated heterocycles. The van der Waals surface area contributed by atoms with Crippen LogP contribution in [-0.4, -0.2) is 56.8 Å². The van der Waals surface area contributed by atoms with E-state index in [0.29, 0.717) is 6.54 Å². The van der Waals surface area contributed by atoms with Crippen molar-refractivity contribution in [1.29, 1.82) is 0 Å². The molecule has 2 heterocycles. The van der Waals surface area contributed by atoms with E-state index in [9.17, 15) is 26.4 Å². The van der Waals surface area contributed by atoms with Gasteiger partial charge in [0.05, 0.1) is 28.3 Å². The van der Waals surface area contributed by atoms with E-state index >= 15 is 0 Å². The van der Waals surface area contributed by atoms with Crippen LogP contribution in [0.15, 0.2) is 134 Å². The van der Waals surface area contributed by atoms with Gasteiger partial charge in [-0.3, -0.25) is 0 Å². The van der Waals surface area contributed by atoms with Gasteiger partial charge >= 0.3 is 11.4 Å². The Kier molecular flexibility index (Phi) is 12.3. The molecule has 1 N–H and O–H groups in total. The number of nitrogens with zero attached hydrogens (tertiary/aromatic N) is 7. The predicted molar refractivity (Wildman–Crippen MR) is 187 cm³/mol. The highest BCUT2D eigenvalue weighted by molar-refractivity contribution is 7.96. The number of hydrogen-bond donors (Lipinski definition) is 1. The number of benzene rings is 4. The van der Waals surface area contributed by atoms with Gasteiger partial charge in [0.1, 0.15) is 0 Å². The molecule has 50 heavy (non-hydrogen) atoms. The van der Waals surface area contributed by atoms with Crippen molar-refractivity contribution in [2.75, 3.05) is 0 Å². The van der Waals surface area contributed by atoms with Gasteiger partial charge in [-0.05, 0) is 70.1 Å². The predicted octanol–water partition coefficient (Wildman–Crippen LogP) is 3.07. The Morgan fingerprint density at radius 3 is 1.66 bits per heavy atom. The van der Waals surface area contributed by atoms with Crippen molar-refractivity contribution in [2.24, 2.45) is 0 Å². The summed E-state index contributed by atoms with van der Waals surface area (Å²) in [6.07, 6.45) is 5.94. The molecule has 6 aromatic rings. The van der Waals surface area contributed by atoms with Gasteiger partial charge in [-0.25, -0.2) is 31.5 Å². The molecule has 0 aliphatic heterocycles. The van der Waals surface area contributed by atoms with Gasteiger partial charge in [0.2, 0.25) is 19.7 Å². The smallest absolute Gasteiger partial charge is 0.245 e. The number of terminal acetylenes is 1. The van der Waals surface area contributed by atoms with E-state index in [1.807, 2.05) is 74.5 Å². The van der Waals surface area contributed by atoms with Crippen molar-refractivity contribution in [2.45, 2.75) is 36.7 Å². The normalized spacial score (nSPS) is 11.1. The highest BCUT2D eigenvalue weighted by Crippen LogP contribution is 2.13. The quantitative estimate of drug-likeness (QED) is 0.182. The molecular weight excluding hydrogens is 681 g/mol. The molecule has 0 aliphatic rings. The van der Waals surface area contributed by atoms with Crippen LogP contribution >= 0.6 is 0 Å². The molecule has 6 rings (SSSR count). The van der Waals surface area contributed by atoms with Gasteiger partial charge in [0.15, 0.2) is 0 Å². The number of aryl methyl sites for hydroxylation is 2. The maximum atomic E-state index is 12.3. The lowest BCUT2D eigenvalue weighted by Crippen LogP contribution is -2.23. The zero-order valence-electron chi connectivity index (χ0n) is 26.9. The Morgan fingerprint density at radius 1 is 0.680 bits per heavy atom. The molecule has 4 aromatic carbocycles. The molecule has 14 nitrogen and oxygen atoms in total. The number of aromatic amines is 1. The number of hydrogen-bond acceptors (Lipinski definition) is 10. The molecule has 2 aromatic heterocycles. The maximum absolute atomic E-state index is 12.3. The SMILES string of the molecule is C#CS(=O)(=O)c1ccc(C)cc1.Cc1ccc(S(=O)(=O)/C=C/n2nnn(Cc3ccccc3)c2=O)cc1.O=c1[nH]nnn1Cc1ccccc1. The van der Waals surface area contributed by atoms with E-state index in [1.165, 1.54) is 28.9 Å². The highest BCUT2D eigenvalue weighted by Gasteiger charge is 2.12. The van der Waals surface area contributed by atoms with Crippen molar-refractivity contribution in [3.05, 3.63) is 158 Å². The first-order valence-corrected chi connectivity index (χ1v) is 17.8. The zero-order chi connectivity index (χ0) is 36.1. The fraction of sp³-hybridized carbons (Fsp3) is 0.118. The monoisotopic (exact) mass is 712 g/mol. The van der Waals surface area contributed by atoms with Crippen LogP contribution in [0.4, 0.5) is 0 Å². The second kappa shape index (κ2) is 16.8. The molecule has 0 radical (unpaired) electrons. The molecule has 0 aliphatic carbocycles. The molecular formula is C34H32N8O6S2. The van der Waals surface area contributed by atoms with Crippen molar-refractivity contribution in [3.63, 3.8) is 0 Å². The van der Waals surface area contributed by atoms with E-state index in [2.05, 4.69) is 26.0 Å². The second-order valence-electron chi connectivity index (χ2n) is 10.6. The molecule has 0 saturated carbocycles. The Bertz CT molecular complexity index is 2410. The Labute approximate surface area is 288 Å². The number of nitrogens with one attached hydrogen (secondary N) is 1. The molecule has 16 heteroatoms. The van der Waals surface area contributed by atoms with Crippen molar-refractivity contribution >= 4 is 25.9 Å². The van der Waals surface area contributed by atoms with Crippen LogP contribution in [0, 0.1) is 25.5 Å². The van der Waals surface area contributed by atoms with Crippen LogP contribution in [0.5, 0.6) is 0 Å². The minimum atomic E-state index is -3.66. The van der Waals surface area contributed by atoms with Crippen LogP contribution < -0.4 is 11.4 Å². The van der Waals surface area contributed by atoms with E-state index in [1.54, 1.807) is 29.5 Å². The third kappa shape index (κ3) is 10.4. The molecule has 0 fully saturated rings. The Morgan fingerprint density at radius 2 is 1.18 bits per heavy atom. The van der Waals surface area contributed by atoms with E-state index in [-0.39, 0.29) is 22.0 Å². The van der Waals surface area contributed by atoms with Gasteiger partial charge in [0.25, 0.3) is 0 Å². The summed E-state index contributed by atoms with van der Waals surface area (Å²) >= 11 is 0. The summed E-state index contributed by atoms with van der Waals surface area (Å²) in [5.41, 5.74) is 3.09. The topological polar surface area (TPSA) is 185 Å². The van der Waals surface area contributed by atoms with Gasteiger partial charge in [-0.2, -0.15) is 14.0 Å². The average molecular weight is 713 g/mol. The highest BCUT2D eigenvalue weighted by atomic mass is 32.2. The van der Waals surface area contributed by atoms with Crippen molar-refractivity contribution in [1.82, 2.24) is 40.0 Å². The molecule has 0 atom stereocenters. The standard InChI is InChI=1S/C17H16N4O3S.C9H8O2S.C8H8N4O/c1-14-7-9-16(10-8-14)25(23,24)12-11-20-17(22)21(19-18-20)13-15-5-3-2-4-6-15;1-3-12(10,11)9-6-4-8(2)5-7-9;13-8-9-10-11-12(8)6-7-4-2-1-3-5-7/h2-12H,13H2,1H3;1,4-7H,2H3;1-5H,6H2,(H,9,11,13)/b12-11+;;. The number of tetrazole rings is 2. The summed E-state index contributed by atoms with van der Waals surface area (Å²) in [5, 5.41) is 19.4. The molecule has 0 spiro atoms. The minimum absolute atomic E-state index is 0.152. The summed E-state index contributed by atoms with van der Waals surface area (Å²) in [6.45, 7) is 4.47. The Balaban J connectivity index is 0.000000188. The van der Waals surface area contributed by atoms with E-state index in [0.717, 1.165) is 43.2 Å². The van der Waals surface area contributed by atoms with Gasteiger partial charge in [-0.1, -0.05) is 96.1 Å². The number of rotatable bonds is 8. The minimum Gasteiger partial charge on any atom is -0.245 e. The van der Waals surface area contributed by atoms with Crippen LogP contribution in [0.25, 0.3) is 6.20 Å². The summed E-state index contributed by atoms with van der Waals surface area (Å²) in [4.78, 5) is 23.6. The number of H-pyrrole nitrogens is 1.